The van der Waals surface area contributed by atoms with Crippen LogP contribution in [0.1, 0.15) is 50.0 Å². The fraction of sp³-hybridized carbons (Fsp3) is 0.562. The Bertz CT molecular complexity index is 498. The van der Waals surface area contributed by atoms with Crippen LogP contribution in [0.3, 0.4) is 0 Å². The first-order valence-corrected chi connectivity index (χ1v) is 8.62. The Balaban J connectivity index is 0.00000400. The molecule has 5 heteroatoms. The van der Waals surface area contributed by atoms with E-state index in [4.69, 9.17) is 23.2 Å². The van der Waals surface area contributed by atoms with Crippen LogP contribution in [0.2, 0.25) is 10.0 Å². The normalized spacial score (nSPS) is 13.3. The van der Waals surface area contributed by atoms with Gasteiger partial charge in [0.15, 0.2) is 0 Å². The van der Waals surface area contributed by atoms with Crippen LogP contribution in [0, 0.1) is 18.3 Å². The Morgan fingerprint density at radius 3 is 2.38 bits per heavy atom. The number of hydrogen-bond donors (Lipinski definition) is 0. The number of carbonyl (C=O) groups excluding carboxylic acids is 1. The largest absolute Gasteiger partial charge is 1.00 e. The topological polar surface area (TPSA) is 17.1 Å². The molecule has 0 saturated carbocycles. The standard InChI is InChI=1S/C16H22Cl2OP.Li/c1-10(8-16(3,4)5)9-20-15(19)13-12(17)7-6-11(2)14(13)18;/h6-7,10H,8-9H2,1-5H3;/q-1;+1. The molecule has 0 aromatic heterocycles. The van der Waals surface area contributed by atoms with Crippen molar-refractivity contribution in [1.29, 1.82) is 0 Å². The van der Waals surface area contributed by atoms with Crippen LogP contribution in [-0.2, 0) is 0 Å². The van der Waals surface area contributed by atoms with Crippen LogP contribution in [0.15, 0.2) is 12.1 Å². The summed E-state index contributed by atoms with van der Waals surface area (Å²) >= 11 is 12.3. The van der Waals surface area contributed by atoms with Crippen LogP contribution in [-0.4, -0.2) is 11.7 Å². The van der Waals surface area contributed by atoms with Crippen molar-refractivity contribution in [2.24, 2.45) is 11.3 Å². The summed E-state index contributed by atoms with van der Waals surface area (Å²) in [6, 6.07) is 3.57. The van der Waals surface area contributed by atoms with E-state index in [-0.39, 0.29) is 29.8 Å². The molecule has 21 heavy (non-hydrogen) atoms. The SMILES string of the molecule is Cc1ccc(Cl)c(C(=O)[P-]CC(C)CC(C)(C)C)c1Cl.[Li+]. The molecule has 1 aromatic carbocycles. The maximum atomic E-state index is 12.3. The summed E-state index contributed by atoms with van der Waals surface area (Å²) in [4.78, 5) is 12.3. The number of carbonyl (C=O) groups is 1. The van der Waals surface area contributed by atoms with Gasteiger partial charge in [-0.1, -0.05) is 62.9 Å². The number of hydrogen-bond acceptors (Lipinski definition) is 1. The molecule has 0 radical (unpaired) electrons. The number of benzene rings is 1. The van der Waals surface area contributed by atoms with Gasteiger partial charge in [0, 0.05) is 11.1 Å². The van der Waals surface area contributed by atoms with Crippen molar-refractivity contribution in [3.63, 3.8) is 0 Å². The first-order chi connectivity index (χ1) is 9.11. The first-order valence-electron chi connectivity index (χ1n) is 6.78. The average molecular weight is 339 g/mol. The molecule has 0 N–H and O–H groups in total. The van der Waals surface area contributed by atoms with Gasteiger partial charge in [0.1, 0.15) is 0 Å². The summed E-state index contributed by atoms with van der Waals surface area (Å²) in [6.07, 6.45) is 1.94. The maximum absolute atomic E-state index is 12.3. The van der Waals surface area contributed by atoms with Crippen LogP contribution < -0.4 is 18.9 Å². The Hall–Kier alpha value is 0.497. The zero-order valence-electron chi connectivity index (χ0n) is 13.8. The molecular formula is C16H22Cl2LiOP. The van der Waals surface area contributed by atoms with Gasteiger partial charge in [0.25, 0.3) is 0 Å². The predicted octanol–water partition coefficient (Wildman–Crippen LogP) is 3.46. The molecule has 1 nitrogen and oxygen atoms in total. The Morgan fingerprint density at radius 2 is 1.86 bits per heavy atom. The second kappa shape index (κ2) is 8.96. The third-order valence-corrected chi connectivity index (χ3v) is 5.12. The van der Waals surface area contributed by atoms with E-state index in [0.29, 0.717) is 21.5 Å². The molecule has 1 unspecified atom stereocenters. The quantitative estimate of drug-likeness (QED) is 0.593. The summed E-state index contributed by atoms with van der Waals surface area (Å²) < 4.78 is 0. The van der Waals surface area contributed by atoms with E-state index in [9.17, 15) is 4.79 Å². The second-order valence-corrected chi connectivity index (χ2v) is 8.44. The third-order valence-electron chi connectivity index (χ3n) is 3.01. The predicted molar refractivity (Wildman–Crippen MR) is 90.6 cm³/mol. The zero-order valence-corrected chi connectivity index (χ0v) is 16.2. The van der Waals surface area contributed by atoms with E-state index in [2.05, 4.69) is 27.7 Å². The summed E-state index contributed by atoms with van der Waals surface area (Å²) in [5.41, 5.74) is 1.66. The van der Waals surface area contributed by atoms with Crippen LogP contribution >= 0.6 is 31.8 Å². The van der Waals surface area contributed by atoms with Gasteiger partial charge in [0.2, 0.25) is 0 Å². The van der Waals surface area contributed by atoms with E-state index in [1.807, 2.05) is 13.0 Å². The van der Waals surface area contributed by atoms with Crippen LogP contribution in [0.25, 0.3) is 0 Å². The molecule has 0 bridgehead atoms. The van der Waals surface area contributed by atoms with Crippen molar-refractivity contribution in [2.75, 3.05) is 6.16 Å². The first kappa shape index (κ1) is 21.5. The molecule has 1 aromatic rings. The molecule has 1 rings (SSSR count). The minimum absolute atomic E-state index is 0. The number of aryl methyl sites for hydroxylation is 1. The molecule has 0 saturated heterocycles. The van der Waals surface area contributed by atoms with E-state index >= 15 is 0 Å². The van der Waals surface area contributed by atoms with E-state index in [0.717, 1.165) is 26.7 Å². The Labute approximate surface area is 152 Å². The van der Waals surface area contributed by atoms with E-state index < -0.39 is 0 Å². The molecule has 0 spiro atoms. The molecular weight excluding hydrogens is 317 g/mol. The monoisotopic (exact) mass is 338 g/mol. The number of rotatable bonds is 5. The summed E-state index contributed by atoms with van der Waals surface area (Å²) in [5.74, 6) is 0.503. The van der Waals surface area contributed by atoms with Gasteiger partial charge in [-0.15, -0.1) is 0 Å². The molecule has 0 aliphatic heterocycles. The molecule has 1 atom stereocenters. The van der Waals surface area contributed by atoms with Crippen molar-refractivity contribution < 1.29 is 23.7 Å². The molecule has 0 fully saturated rings. The van der Waals surface area contributed by atoms with Crippen molar-refractivity contribution in [3.8, 4) is 0 Å². The minimum Gasteiger partial charge on any atom is -0.459 e. The summed E-state index contributed by atoms with van der Waals surface area (Å²) in [5, 5.41) is 0.931. The van der Waals surface area contributed by atoms with Crippen molar-refractivity contribution in [2.45, 2.75) is 41.0 Å². The maximum Gasteiger partial charge on any atom is 1.00 e. The summed E-state index contributed by atoms with van der Waals surface area (Å²) in [7, 11) is 0.769. The van der Waals surface area contributed by atoms with Gasteiger partial charge in [-0.2, -0.15) is 6.16 Å². The Morgan fingerprint density at radius 1 is 1.29 bits per heavy atom. The van der Waals surface area contributed by atoms with Crippen molar-refractivity contribution >= 4 is 37.3 Å². The third kappa shape index (κ3) is 7.07. The minimum atomic E-state index is 0. The zero-order chi connectivity index (χ0) is 15.5. The van der Waals surface area contributed by atoms with Gasteiger partial charge in [0.05, 0.1) is 10.0 Å². The molecule has 0 aliphatic rings. The molecule has 0 aliphatic carbocycles. The molecule has 0 heterocycles. The van der Waals surface area contributed by atoms with Crippen molar-refractivity contribution in [1.82, 2.24) is 0 Å². The number of halogens is 2. The van der Waals surface area contributed by atoms with Gasteiger partial charge in [-0.3, -0.25) is 0 Å². The van der Waals surface area contributed by atoms with Gasteiger partial charge in [-0.25, -0.2) is 0 Å². The fourth-order valence-electron chi connectivity index (χ4n) is 2.28. The van der Waals surface area contributed by atoms with Gasteiger partial charge < -0.3 is 13.4 Å². The Kier molecular flexibility index (Phi) is 9.17. The fourth-order valence-corrected chi connectivity index (χ4v) is 3.95. The smallest absolute Gasteiger partial charge is 0.459 e. The van der Waals surface area contributed by atoms with E-state index in [1.165, 1.54) is 0 Å². The van der Waals surface area contributed by atoms with Crippen LogP contribution in [0.5, 0.6) is 0 Å². The molecule has 112 valence electrons. The van der Waals surface area contributed by atoms with E-state index in [1.54, 1.807) is 6.07 Å². The van der Waals surface area contributed by atoms with Gasteiger partial charge in [-0.05, 0) is 30.4 Å². The summed E-state index contributed by atoms with van der Waals surface area (Å²) in [6.45, 7) is 10.7. The molecule has 0 amide bonds. The van der Waals surface area contributed by atoms with Crippen molar-refractivity contribution in [3.05, 3.63) is 33.3 Å². The second-order valence-electron chi connectivity index (χ2n) is 6.57. The average Bonchev–Trinajstić information content (AvgIpc) is 2.30. The van der Waals surface area contributed by atoms with Crippen LogP contribution in [0.4, 0.5) is 0 Å². The van der Waals surface area contributed by atoms with Gasteiger partial charge >= 0.3 is 18.9 Å².